The molecule has 0 aliphatic heterocycles. The van der Waals surface area contributed by atoms with E-state index in [-0.39, 0.29) is 0 Å². The fourth-order valence-corrected chi connectivity index (χ4v) is 3.13. The van der Waals surface area contributed by atoms with Crippen molar-refractivity contribution in [3.63, 3.8) is 0 Å². The summed E-state index contributed by atoms with van der Waals surface area (Å²) in [5.74, 6) is 0. The summed E-state index contributed by atoms with van der Waals surface area (Å²) in [7, 11) is 0. The molecule has 0 saturated heterocycles. The van der Waals surface area contributed by atoms with Gasteiger partial charge in [-0.05, 0) is 25.8 Å². The van der Waals surface area contributed by atoms with E-state index in [0.29, 0.717) is 6.04 Å². The van der Waals surface area contributed by atoms with Crippen LogP contribution in [0.15, 0.2) is 0 Å². The summed E-state index contributed by atoms with van der Waals surface area (Å²) in [6.45, 7) is 3.07. The Bertz CT molecular complexity index is 194. The standard InChI is InChI=1S/C20H44N2/c1-2-3-4-5-6-7-8-9-10-11-12-13-14-15-17-20(22)18-16-19-21/h20H,2-19,21-22H2,1H3. The third-order valence-electron chi connectivity index (χ3n) is 4.71. The van der Waals surface area contributed by atoms with Crippen LogP contribution in [0.4, 0.5) is 0 Å². The van der Waals surface area contributed by atoms with Crippen LogP contribution in [0.3, 0.4) is 0 Å². The fourth-order valence-electron chi connectivity index (χ4n) is 3.13. The third-order valence-corrected chi connectivity index (χ3v) is 4.71. The van der Waals surface area contributed by atoms with Crippen LogP contribution in [0.5, 0.6) is 0 Å². The van der Waals surface area contributed by atoms with Crippen molar-refractivity contribution in [2.75, 3.05) is 6.54 Å². The van der Waals surface area contributed by atoms with E-state index in [1.165, 1.54) is 96.3 Å². The van der Waals surface area contributed by atoms with Crippen LogP contribution in [-0.4, -0.2) is 12.6 Å². The predicted octanol–water partition coefficient (Wildman–Crippen LogP) is 5.92. The van der Waals surface area contributed by atoms with Crippen molar-refractivity contribution in [1.29, 1.82) is 0 Å². The first-order valence-corrected chi connectivity index (χ1v) is 10.3. The molecule has 0 aromatic rings. The van der Waals surface area contributed by atoms with Gasteiger partial charge in [-0.1, -0.05) is 96.8 Å². The molecule has 0 bridgehead atoms. The molecule has 0 aromatic heterocycles. The van der Waals surface area contributed by atoms with Crippen molar-refractivity contribution in [3.05, 3.63) is 0 Å². The van der Waals surface area contributed by atoms with Gasteiger partial charge in [0, 0.05) is 6.04 Å². The lowest BCUT2D eigenvalue weighted by Gasteiger charge is -2.10. The van der Waals surface area contributed by atoms with E-state index >= 15 is 0 Å². The van der Waals surface area contributed by atoms with Crippen molar-refractivity contribution >= 4 is 0 Å². The molecule has 2 heteroatoms. The molecule has 0 aromatic carbocycles. The summed E-state index contributed by atoms with van der Waals surface area (Å²) in [6, 6.07) is 0.390. The second-order valence-corrected chi connectivity index (χ2v) is 7.08. The maximum Gasteiger partial charge on any atom is 0.00392 e. The monoisotopic (exact) mass is 312 g/mol. The highest BCUT2D eigenvalue weighted by Crippen LogP contribution is 2.14. The topological polar surface area (TPSA) is 52.0 Å². The Hall–Kier alpha value is -0.0800. The maximum absolute atomic E-state index is 6.05. The normalized spacial score (nSPS) is 12.7. The van der Waals surface area contributed by atoms with Crippen molar-refractivity contribution in [1.82, 2.24) is 0 Å². The molecule has 2 nitrogen and oxygen atoms in total. The smallest absolute Gasteiger partial charge is 0.00392 e. The summed E-state index contributed by atoms with van der Waals surface area (Å²) >= 11 is 0. The van der Waals surface area contributed by atoms with Gasteiger partial charge in [0.2, 0.25) is 0 Å². The minimum absolute atomic E-state index is 0.390. The van der Waals surface area contributed by atoms with Gasteiger partial charge in [0.05, 0.1) is 0 Å². The zero-order valence-electron chi connectivity index (χ0n) is 15.5. The Labute approximate surface area is 140 Å². The molecular weight excluding hydrogens is 268 g/mol. The zero-order chi connectivity index (χ0) is 16.3. The first-order valence-electron chi connectivity index (χ1n) is 10.3. The first kappa shape index (κ1) is 21.9. The Morgan fingerprint density at radius 2 is 0.909 bits per heavy atom. The minimum atomic E-state index is 0.390. The number of hydrogen-bond acceptors (Lipinski definition) is 2. The number of unbranched alkanes of at least 4 members (excludes halogenated alkanes) is 13. The second kappa shape index (κ2) is 19.0. The van der Waals surface area contributed by atoms with Gasteiger partial charge in [-0.3, -0.25) is 0 Å². The molecule has 0 saturated carbocycles. The highest BCUT2D eigenvalue weighted by atomic mass is 14.6. The van der Waals surface area contributed by atoms with Crippen LogP contribution in [0.1, 0.15) is 116 Å². The van der Waals surface area contributed by atoms with E-state index in [9.17, 15) is 0 Å². The predicted molar refractivity (Wildman–Crippen MR) is 101 cm³/mol. The molecule has 0 spiro atoms. The zero-order valence-corrected chi connectivity index (χ0v) is 15.5. The SMILES string of the molecule is CCCCCCCCCCCCCCCCC(N)CCCN. The molecule has 0 heterocycles. The first-order chi connectivity index (χ1) is 10.8. The summed E-state index contributed by atoms with van der Waals surface area (Å²) < 4.78 is 0. The van der Waals surface area contributed by atoms with Gasteiger partial charge in [-0.25, -0.2) is 0 Å². The van der Waals surface area contributed by atoms with Gasteiger partial charge in [-0.2, -0.15) is 0 Å². The number of hydrogen-bond donors (Lipinski definition) is 2. The van der Waals surface area contributed by atoms with Gasteiger partial charge in [0.15, 0.2) is 0 Å². The van der Waals surface area contributed by atoms with Crippen LogP contribution in [0.2, 0.25) is 0 Å². The molecule has 0 amide bonds. The number of rotatable bonds is 18. The van der Waals surface area contributed by atoms with E-state index < -0.39 is 0 Å². The van der Waals surface area contributed by atoms with Gasteiger partial charge in [0.1, 0.15) is 0 Å². The lowest BCUT2D eigenvalue weighted by atomic mass is 10.0. The second-order valence-electron chi connectivity index (χ2n) is 7.08. The van der Waals surface area contributed by atoms with Crippen molar-refractivity contribution < 1.29 is 0 Å². The molecule has 134 valence electrons. The van der Waals surface area contributed by atoms with Crippen LogP contribution >= 0.6 is 0 Å². The average molecular weight is 313 g/mol. The van der Waals surface area contributed by atoms with Crippen molar-refractivity contribution in [3.8, 4) is 0 Å². The molecule has 1 atom stereocenters. The van der Waals surface area contributed by atoms with E-state index in [2.05, 4.69) is 6.92 Å². The third kappa shape index (κ3) is 18.0. The largest absolute Gasteiger partial charge is 0.330 e. The highest BCUT2D eigenvalue weighted by Gasteiger charge is 2.01. The van der Waals surface area contributed by atoms with E-state index in [0.717, 1.165) is 19.4 Å². The average Bonchev–Trinajstić information content (AvgIpc) is 2.53. The molecule has 0 radical (unpaired) electrons. The fraction of sp³-hybridized carbons (Fsp3) is 1.00. The molecular formula is C20H44N2. The highest BCUT2D eigenvalue weighted by molar-refractivity contribution is 4.61. The Morgan fingerprint density at radius 3 is 1.32 bits per heavy atom. The molecule has 22 heavy (non-hydrogen) atoms. The molecule has 0 aliphatic rings. The lowest BCUT2D eigenvalue weighted by Crippen LogP contribution is -2.20. The summed E-state index contributed by atoms with van der Waals surface area (Å²) in [5, 5.41) is 0. The molecule has 4 N–H and O–H groups in total. The molecule has 0 rings (SSSR count). The summed E-state index contributed by atoms with van der Waals surface area (Å²) in [4.78, 5) is 0. The van der Waals surface area contributed by atoms with E-state index in [4.69, 9.17) is 11.5 Å². The van der Waals surface area contributed by atoms with E-state index in [1.807, 2.05) is 0 Å². The van der Waals surface area contributed by atoms with Gasteiger partial charge < -0.3 is 11.5 Å². The Kier molecular flexibility index (Phi) is 18.9. The van der Waals surface area contributed by atoms with Crippen LogP contribution in [-0.2, 0) is 0 Å². The summed E-state index contributed by atoms with van der Waals surface area (Å²) in [5.41, 5.74) is 11.6. The van der Waals surface area contributed by atoms with Crippen molar-refractivity contribution in [2.45, 2.75) is 122 Å². The van der Waals surface area contributed by atoms with Crippen LogP contribution < -0.4 is 11.5 Å². The summed E-state index contributed by atoms with van der Waals surface area (Å²) in [6.07, 6.45) is 23.3. The number of nitrogens with two attached hydrogens (primary N) is 2. The quantitative estimate of drug-likeness (QED) is 0.308. The van der Waals surface area contributed by atoms with Gasteiger partial charge >= 0.3 is 0 Å². The molecule has 0 fully saturated rings. The van der Waals surface area contributed by atoms with Gasteiger partial charge in [-0.15, -0.1) is 0 Å². The van der Waals surface area contributed by atoms with Crippen LogP contribution in [0, 0.1) is 0 Å². The lowest BCUT2D eigenvalue weighted by molar-refractivity contribution is 0.496. The maximum atomic E-state index is 6.05. The Balaban J connectivity index is 3.02. The van der Waals surface area contributed by atoms with Crippen LogP contribution in [0.25, 0.3) is 0 Å². The Morgan fingerprint density at radius 1 is 0.545 bits per heavy atom. The molecule has 0 aliphatic carbocycles. The minimum Gasteiger partial charge on any atom is -0.330 e. The van der Waals surface area contributed by atoms with Gasteiger partial charge in [0.25, 0.3) is 0 Å². The van der Waals surface area contributed by atoms with E-state index in [1.54, 1.807) is 0 Å². The van der Waals surface area contributed by atoms with Crippen molar-refractivity contribution in [2.24, 2.45) is 11.5 Å². The molecule has 1 unspecified atom stereocenters.